The fraction of sp³-hybridized carbons (Fsp3) is 0.684. The predicted octanol–water partition coefficient (Wildman–Crippen LogP) is 3.95. The van der Waals surface area contributed by atoms with Gasteiger partial charge in [-0.1, -0.05) is 32.0 Å². The molecule has 0 bridgehead atoms. The van der Waals surface area contributed by atoms with Crippen LogP contribution in [0.1, 0.15) is 62.8 Å². The number of hydrogen-bond acceptors (Lipinski definition) is 2. The molecule has 1 N–H and O–H groups in total. The summed E-state index contributed by atoms with van der Waals surface area (Å²) in [6, 6.07) is 7.58. The minimum absolute atomic E-state index is 0.456. The zero-order valence-electron chi connectivity index (χ0n) is 14.1. The number of benzene rings is 1. The maximum Gasteiger partial charge on any atom is 0.0292 e. The van der Waals surface area contributed by atoms with Gasteiger partial charge in [0, 0.05) is 19.1 Å². The molecular formula is C19H32N2. The van der Waals surface area contributed by atoms with E-state index in [1.165, 1.54) is 44.2 Å². The lowest BCUT2D eigenvalue weighted by Gasteiger charge is -2.23. The summed E-state index contributed by atoms with van der Waals surface area (Å²) in [6.45, 7) is 11.4. The molecule has 0 amide bonds. The van der Waals surface area contributed by atoms with Crippen molar-refractivity contribution >= 4 is 0 Å². The molecule has 0 aliphatic heterocycles. The molecule has 0 heterocycles. The van der Waals surface area contributed by atoms with E-state index in [4.69, 9.17) is 0 Å². The number of hydrogen-bond donors (Lipinski definition) is 1. The minimum Gasteiger partial charge on any atom is -0.309 e. The van der Waals surface area contributed by atoms with E-state index in [2.05, 4.69) is 49.2 Å². The first-order valence-corrected chi connectivity index (χ1v) is 8.82. The fourth-order valence-electron chi connectivity index (χ4n) is 3.32. The molecule has 0 saturated carbocycles. The Labute approximate surface area is 130 Å². The highest BCUT2D eigenvalue weighted by Crippen LogP contribution is 2.24. The SMILES string of the molecule is CCCN(CC)CCNC(C)c1ccc2c(c1)CCCC2. The van der Waals surface area contributed by atoms with Gasteiger partial charge in [-0.2, -0.15) is 0 Å². The lowest BCUT2D eigenvalue weighted by molar-refractivity contribution is 0.284. The summed E-state index contributed by atoms with van der Waals surface area (Å²) < 4.78 is 0. The number of rotatable bonds is 8. The third kappa shape index (κ3) is 4.82. The smallest absolute Gasteiger partial charge is 0.0292 e. The molecule has 1 aliphatic carbocycles. The van der Waals surface area contributed by atoms with Gasteiger partial charge in [0.2, 0.25) is 0 Å². The van der Waals surface area contributed by atoms with Gasteiger partial charge in [-0.15, -0.1) is 0 Å². The number of nitrogens with zero attached hydrogens (tertiary/aromatic N) is 1. The summed E-state index contributed by atoms with van der Waals surface area (Å²) >= 11 is 0. The molecule has 118 valence electrons. The third-order valence-corrected chi connectivity index (χ3v) is 4.74. The predicted molar refractivity (Wildman–Crippen MR) is 91.9 cm³/mol. The molecule has 2 heteroatoms. The van der Waals surface area contributed by atoms with Crippen molar-refractivity contribution in [1.29, 1.82) is 0 Å². The highest BCUT2D eigenvalue weighted by atomic mass is 15.1. The molecule has 0 saturated heterocycles. The minimum atomic E-state index is 0.456. The highest BCUT2D eigenvalue weighted by Gasteiger charge is 2.12. The van der Waals surface area contributed by atoms with Crippen LogP contribution in [0.3, 0.4) is 0 Å². The Balaban J connectivity index is 1.84. The van der Waals surface area contributed by atoms with E-state index in [0.717, 1.165) is 19.6 Å². The standard InChI is InChI=1S/C19H32N2/c1-4-13-21(5-2)14-12-20-16(3)18-11-10-17-8-6-7-9-19(17)15-18/h10-11,15-16,20H,4-9,12-14H2,1-3H3. The first-order valence-electron chi connectivity index (χ1n) is 8.82. The average molecular weight is 288 g/mol. The van der Waals surface area contributed by atoms with Gasteiger partial charge in [-0.3, -0.25) is 0 Å². The van der Waals surface area contributed by atoms with Crippen molar-refractivity contribution in [3.05, 3.63) is 34.9 Å². The number of fused-ring (bicyclic) bond motifs is 1. The van der Waals surface area contributed by atoms with Gasteiger partial charge in [0.05, 0.1) is 0 Å². The van der Waals surface area contributed by atoms with Crippen LogP contribution in [-0.4, -0.2) is 31.1 Å². The zero-order valence-corrected chi connectivity index (χ0v) is 14.1. The average Bonchev–Trinajstić information content (AvgIpc) is 2.53. The third-order valence-electron chi connectivity index (χ3n) is 4.74. The van der Waals surface area contributed by atoms with Crippen molar-refractivity contribution in [1.82, 2.24) is 10.2 Å². The summed E-state index contributed by atoms with van der Waals surface area (Å²) in [6.07, 6.45) is 6.52. The Bertz CT molecular complexity index is 428. The second kappa shape index (κ2) is 8.55. The highest BCUT2D eigenvalue weighted by molar-refractivity contribution is 5.35. The van der Waals surface area contributed by atoms with Crippen molar-refractivity contribution in [2.75, 3.05) is 26.2 Å². The summed E-state index contributed by atoms with van der Waals surface area (Å²) in [5.74, 6) is 0. The van der Waals surface area contributed by atoms with Crippen molar-refractivity contribution in [2.45, 2.75) is 58.9 Å². The van der Waals surface area contributed by atoms with E-state index in [1.54, 1.807) is 11.1 Å². The summed E-state index contributed by atoms with van der Waals surface area (Å²) in [5.41, 5.74) is 4.63. The molecule has 0 spiro atoms. The fourth-order valence-corrected chi connectivity index (χ4v) is 3.32. The van der Waals surface area contributed by atoms with Gasteiger partial charge >= 0.3 is 0 Å². The molecule has 1 aromatic rings. The van der Waals surface area contributed by atoms with E-state index < -0.39 is 0 Å². The topological polar surface area (TPSA) is 15.3 Å². The maximum atomic E-state index is 3.69. The van der Waals surface area contributed by atoms with Crippen molar-refractivity contribution in [3.63, 3.8) is 0 Å². The van der Waals surface area contributed by atoms with Crippen LogP contribution in [0.2, 0.25) is 0 Å². The van der Waals surface area contributed by atoms with E-state index in [-0.39, 0.29) is 0 Å². The van der Waals surface area contributed by atoms with Gasteiger partial charge in [-0.05, 0) is 68.8 Å². The quantitative estimate of drug-likeness (QED) is 0.779. The van der Waals surface area contributed by atoms with Gasteiger partial charge in [-0.25, -0.2) is 0 Å². The first kappa shape index (κ1) is 16.5. The van der Waals surface area contributed by atoms with Crippen molar-refractivity contribution in [2.24, 2.45) is 0 Å². The van der Waals surface area contributed by atoms with Crippen LogP contribution >= 0.6 is 0 Å². The van der Waals surface area contributed by atoms with Gasteiger partial charge in [0.25, 0.3) is 0 Å². The molecule has 0 aromatic heterocycles. The summed E-state index contributed by atoms with van der Waals surface area (Å²) in [7, 11) is 0. The van der Waals surface area contributed by atoms with Gasteiger partial charge in [0.15, 0.2) is 0 Å². The van der Waals surface area contributed by atoms with Crippen LogP contribution in [0.15, 0.2) is 18.2 Å². The molecule has 0 fully saturated rings. The van der Waals surface area contributed by atoms with Crippen LogP contribution < -0.4 is 5.32 Å². The van der Waals surface area contributed by atoms with Crippen molar-refractivity contribution < 1.29 is 0 Å². The van der Waals surface area contributed by atoms with Crippen LogP contribution in [0.25, 0.3) is 0 Å². The number of nitrogens with one attached hydrogen (secondary N) is 1. The van der Waals surface area contributed by atoms with Crippen LogP contribution in [0.4, 0.5) is 0 Å². The van der Waals surface area contributed by atoms with E-state index in [9.17, 15) is 0 Å². The van der Waals surface area contributed by atoms with Crippen LogP contribution in [0.5, 0.6) is 0 Å². The molecule has 1 aromatic carbocycles. The van der Waals surface area contributed by atoms with Crippen LogP contribution in [-0.2, 0) is 12.8 Å². The molecular weight excluding hydrogens is 256 g/mol. The lowest BCUT2D eigenvalue weighted by Crippen LogP contribution is -2.33. The molecule has 0 radical (unpaired) electrons. The van der Waals surface area contributed by atoms with E-state index in [0.29, 0.717) is 6.04 Å². The summed E-state index contributed by atoms with van der Waals surface area (Å²) in [4.78, 5) is 2.52. The Morgan fingerprint density at radius 3 is 2.57 bits per heavy atom. The molecule has 1 aliphatic rings. The first-order chi connectivity index (χ1) is 10.2. The maximum absolute atomic E-state index is 3.69. The Kier molecular flexibility index (Phi) is 6.72. The second-order valence-electron chi connectivity index (χ2n) is 6.35. The monoisotopic (exact) mass is 288 g/mol. The molecule has 2 rings (SSSR count). The van der Waals surface area contributed by atoms with Crippen LogP contribution in [0, 0.1) is 0 Å². The largest absolute Gasteiger partial charge is 0.309 e. The van der Waals surface area contributed by atoms with E-state index >= 15 is 0 Å². The second-order valence-corrected chi connectivity index (χ2v) is 6.35. The molecule has 21 heavy (non-hydrogen) atoms. The Hall–Kier alpha value is -0.860. The normalized spacial score (nSPS) is 16.0. The number of aryl methyl sites for hydroxylation is 2. The Morgan fingerprint density at radius 1 is 1.10 bits per heavy atom. The lowest BCUT2D eigenvalue weighted by atomic mass is 9.89. The van der Waals surface area contributed by atoms with Gasteiger partial charge in [0.1, 0.15) is 0 Å². The zero-order chi connectivity index (χ0) is 15.1. The van der Waals surface area contributed by atoms with Gasteiger partial charge < -0.3 is 10.2 Å². The number of likely N-dealkylation sites (N-methyl/N-ethyl adjacent to an activating group) is 1. The van der Waals surface area contributed by atoms with E-state index in [1.807, 2.05) is 0 Å². The molecule has 2 nitrogen and oxygen atoms in total. The Morgan fingerprint density at radius 2 is 1.86 bits per heavy atom. The summed E-state index contributed by atoms with van der Waals surface area (Å²) in [5, 5.41) is 3.69. The van der Waals surface area contributed by atoms with Crippen molar-refractivity contribution in [3.8, 4) is 0 Å². The molecule has 1 unspecified atom stereocenters. The molecule has 1 atom stereocenters.